The van der Waals surface area contributed by atoms with Crippen LogP contribution in [0, 0.1) is 0 Å². The van der Waals surface area contributed by atoms with Gasteiger partial charge in [0.05, 0.1) is 12.5 Å². The molecule has 0 saturated heterocycles. The summed E-state index contributed by atoms with van der Waals surface area (Å²) >= 11 is 0. The SMILES string of the molecule is COc1cccc2oc(-c3cc(CN)ccn3)cc12. The van der Waals surface area contributed by atoms with E-state index in [0.717, 1.165) is 33.7 Å². The van der Waals surface area contributed by atoms with Gasteiger partial charge >= 0.3 is 0 Å². The van der Waals surface area contributed by atoms with Crippen molar-refractivity contribution in [3.05, 3.63) is 48.2 Å². The van der Waals surface area contributed by atoms with Crippen molar-refractivity contribution in [3.8, 4) is 17.2 Å². The fourth-order valence-corrected chi connectivity index (χ4v) is 2.07. The van der Waals surface area contributed by atoms with E-state index in [0.29, 0.717) is 6.54 Å². The van der Waals surface area contributed by atoms with E-state index in [2.05, 4.69) is 4.98 Å². The molecule has 3 rings (SSSR count). The van der Waals surface area contributed by atoms with E-state index < -0.39 is 0 Å². The molecule has 1 aromatic carbocycles. The van der Waals surface area contributed by atoms with Crippen LogP contribution in [0.3, 0.4) is 0 Å². The summed E-state index contributed by atoms with van der Waals surface area (Å²) in [5.74, 6) is 1.51. The zero-order chi connectivity index (χ0) is 13.2. The molecule has 0 aliphatic rings. The molecule has 0 aliphatic carbocycles. The first-order chi connectivity index (χ1) is 9.31. The third kappa shape index (κ3) is 2.06. The number of nitrogens with zero attached hydrogens (tertiary/aromatic N) is 1. The monoisotopic (exact) mass is 254 g/mol. The topological polar surface area (TPSA) is 61.3 Å². The van der Waals surface area contributed by atoms with E-state index in [1.165, 1.54) is 0 Å². The van der Waals surface area contributed by atoms with Gasteiger partial charge in [-0.15, -0.1) is 0 Å². The highest BCUT2D eigenvalue weighted by atomic mass is 16.5. The second-order valence-electron chi connectivity index (χ2n) is 4.24. The van der Waals surface area contributed by atoms with Gasteiger partial charge in [0.1, 0.15) is 17.0 Å². The lowest BCUT2D eigenvalue weighted by molar-refractivity contribution is 0.419. The number of methoxy groups -OCH3 is 1. The summed E-state index contributed by atoms with van der Waals surface area (Å²) in [6, 6.07) is 11.5. The Morgan fingerprint density at radius 1 is 1.26 bits per heavy atom. The van der Waals surface area contributed by atoms with Gasteiger partial charge < -0.3 is 14.9 Å². The number of benzene rings is 1. The fraction of sp³-hybridized carbons (Fsp3) is 0.133. The Morgan fingerprint density at radius 2 is 2.16 bits per heavy atom. The molecular formula is C15H14N2O2. The van der Waals surface area contributed by atoms with Gasteiger partial charge in [0.2, 0.25) is 0 Å². The maximum Gasteiger partial charge on any atom is 0.153 e. The van der Waals surface area contributed by atoms with E-state index >= 15 is 0 Å². The molecular weight excluding hydrogens is 240 g/mol. The summed E-state index contributed by atoms with van der Waals surface area (Å²) in [5.41, 5.74) is 8.23. The van der Waals surface area contributed by atoms with Crippen molar-refractivity contribution in [1.82, 2.24) is 4.98 Å². The molecule has 4 heteroatoms. The number of hydrogen-bond acceptors (Lipinski definition) is 4. The molecule has 2 heterocycles. The highest BCUT2D eigenvalue weighted by Gasteiger charge is 2.10. The smallest absolute Gasteiger partial charge is 0.153 e. The van der Waals surface area contributed by atoms with Gasteiger partial charge in [-0.1, -0.05) is 6.07 Å². The van der Waals surface area contributed by atoms with Crippen molar-refractivity contribution in [1.29, 1.82) is 0 Å². The molecule has 96 valence electrons. The minimum atomic E-state index is 0.485. The first-order valence-corrected chi connectivity index (χ1v) is 6.03. The third-order valence-electron chi connectivity index (χ3n) is 3.05. The highest BCUT2D eigenvalue weighted by Crippen LogP contribution is 2.32. The van der Waals surface area contributed by atoms with Crippen LogP contribution in [0.4, 0.5) is 0 Å². The molecule has 0 fully saturated rings. The van der Waals surface area contributed by atoms with Crippen LogP contribution in [0.1, 0.15) is 5.56 Å². The number of nitrogens with two attached hydrogens (primary N) is 1. The molecule has 0 aliphatic heterocycles. The Balaban J connectivity index is 2.15. The summed E-state index contributed by atoms with van der Waals surface area (Å²) in [6.45, 7) is 0.485. The Hall–Kier alpha value is -2.33. The minimum absolute atomic E-state index is 0.485. The summed E-state index contributed by atoms with van der Waals surface area (Å²) in [7, 11) is 1.65. The zero-order valence-corrected chi connectivity index (χ0v) is 10.6. The molecule has 19 heavy (non-hydrogen) atoms. The van der Waals surface area contributed by atoms with Gasteiger partial charge in [0.15, 0.2) is 5.76 Å². The van der Waals surface area contributed by atoms with Crippen LogP contribution < -0.4 is 10.5 Å². The Labute approximate surface area is 110 Å². The predicted molar refractivity (Wildman–Crippen MR) is 73.9 cm³/mol. The molecule has 0 amide bonds. The van der Waals surface area contributed by atoms with E-state index in [9.17, 15) is 0 Å². The van der Waals surface area contributed by atoms with Gasteiger partial charge in [-0.25, -0.2) is 0 Å². The molecule has 4 nitrogen and oxygen atoms in total. The van der Waals surface area contributed by atoms with Crippen LogP contribution >= 0.6 is 0 Å². The van der Waals surface area contributed by atoms with E-state index in [1.54, 1.807) is 13.3 Å². The Bertz CT molecular complexity index is 719. The van der Waals surface area contributed by atoms with Crippen LogP contribution in [0.2, 0.25) is 0 Å². The number of rotatable bonds is 3. The second-order valence-corrected chi connectivity index (χ2v) is 4.24. The molecule has 0 unspecified atom stereocenters. The number of hydrogen-bond donors (Lipinski definition) is 1. The molecule has 0 atom stereocenters. The van der Waals surface area contributed by atoms with E-state index in [1.807, 2.05) is 36.4 Å². The normalized spacial score (nSPS) is 10.8. The van der Waals surface area contributed by atoms with E-state index in [-0.39, 0.29) is 0 Å². The van der Waals surface area contributed by atoms with Crippen molar-refractivity contribution in [3.63, 3.8) is 0 Å². The predicted octanol–water partition coefficient (Wildman–Crippen LogP) is 2.96. The maximum absolute atomic E-state index is 5.81. The second kappa shape index (κ2) is 4.74. The molecule has 2 N–H and O–H groups in total. The average molecular weight is 254 g/mol. The van der Waals surface area contributed by atoms with Crippen molar-refractivity contribution in [2.75, 3.05) is 7.11 Å². The number of furan rings is 1. The number of fused-ring (bicyclic) bond motifs is 1. The number of pyridine rings is 1. The summed E-state index contributed by atoms with van der Waals surface area (Å²) in [4.78, 5) is 4.32. The molecule has 3 aromatic rings. The summed E-state index contributed by atoms with van der Waals surface area (Å²) in [5, 5.41) is 0.944. The van der Waals surface area contributed by atoms with E-state index in [4.69, 9.17) is 14.9 Å². The van der Waals surface area contributed by atoms with Gasteiger partial charge in [-0.05, 0) is 35.9 Å². The standard InChI is InChI=1S/C15H14N2O2/c1-18-13-3-2-4-14-11(13)8-15(19-14)12-7-10(9-16)5-6-17-12/h2-8H,9,16H2,1H3. The minimum Gasteiger partial charge on any atom is -0.496 e. The quantitative estimate of drug-likeness (QED) is 0.780. The molecule has 0 spiro atoms. The van der Waals surface area contributed by atoms with Crippen molar-refractivity contribution in [2.45, 2.75) is 6.54 Å². The molecule has 0 bridgehead atoms. The highest BCUT2D eigenvalue weighted by molar-refractivity contribution is 5.87. The van der Waals surface area contributed by atoms with Gasteiger partial charge in [0.25, 0.3) is 0 Å². The summed E-state index contributed by atoms with van der Waals surface area (Å²) < 4.78 is 11.1. The molecule has 2 aromatic heterocycles. The van der Waals surface area contributed by atoms with Crippen LogP contribution in [0.15, 0.2) is 47.0 Å². The first kappa shape index (κ1) is 11.7. The number of aromatic nitrogens is 1. The fourth-order valence-electron chi connectivity index (χ4n) is 2.07. The third-order valence-corrected chi connectivity index (χ3v) is 3.05. The van der Waals surface area contributed by atoms with Crippen molar-refractivity contribution in [2.24, 2.45) is 5.73 Å². The average Bonchev–Trinajstić information content (AvgIpc) is 2.91. The van der Waals surface area contributed by atoms with Crippen LogP contribution in [-0.4, -0.2) is 12.1 Å². The van der Waals surface area contributed by atoms with Gasteiger partial charge in [-0.3, -0.25) is 4.98 Å². The summed E-state index contributed by atoms with van der Waals surface area (Å²) in [6.07, 6.45) is 1.74. The maximum atomic E-state index is 5.81. The Morgan fingerprint density at radius 3 is 2.95 bits per heavy atom. The Kier molecular flexibility index (Phi) is 2.93. The zero-order valence-electron chi connectivity index (χ0n) is 10.6. The van der Waals surface area contributed by atoms with Crippen molar-refractivity contribution < 1.29 is 9.15 Å². The lowest BCUT2D eigenvalue weighted by atomic mass is 10.2. The first-order valence-electron chi connectivity index (χ1n) is 6.03. The lowest BCUT2D eigenvalue weighted by Gasteiger charge is -1.98. The van der Waals surface area contributed by atoms with Crippen molar-refractivity contribution >= 4 is 11.0 Å². The van der Waals surface area contributed by atoms with Crippen LogP contribution in [0.5, 0.6) is 5.75 Å². The largest absolute Gasteiger partial charge is 0.496 e. The number of ether oxygens (including phenoxy) is 1. The molecule has 0 saturated carbocycles. The molecule has 0 radical (unpaired) electrons. The van der Waals surface area contributed by atoms with Crippen LogP contribution in [0.25, 0.3) is 22.4 Å². The van der Waals surface area contributed by atoms with Gasteiger partial charge in [-0.2, -0.15) is 0 Å². The lowest BCUT2D eigenvalue weighted by Crippen LogP contribution is -1.96. The van der Waals surface area contributed by atoms with Gasteiger partial charge in [0, 0.05) is 12.7 Å². The van der Waals surface area contributed by atoms with Crippen LogP contribution in [-0.2, 0) is 6.54 Å².